The molecule has 0 aromatic heterocycles. The van der Waals surface area contributed by atoms with Gasteiger partial charge >= 0.3 is 6.03 Å². The zero-order valence-electron chi connectivity index (χ0n) is 13.2. The van der Waals surface area contributed by atoms with Crippen molar-refractivity contribution in [2.75, 3.05) is 23.3 Å². The third-order valence-electron chi connectivity index (χ3n) is 3.93. The molecule has 1 heterocycles. The Morgan fingerprint density at radius 1 is 1.13 bits per heavy atom. The Hall–Kier alpha value is -2.82. The van der Waals surface area contributed by atoms with Crippen LogP contribution in [0.15, 0.2) is 42.5 Å². The minimum absolute atomic E-state index is 0.0996. The van der Waals surface area contributed by atoms with E-state index in [0.717, 1.165) is 22.5 Å². The van der Waals surface area contributed by atoms with Crippen LogP contribution >= 0.6 is 0 Å². The fourth-order valence-electron chi connectivity index (χ4n) is 2.66. The van der Waals surface area contributed by atoms with Gasteiger partial charge in [0.25, 0.3) is 5.91 Å². The standard InChI is InChI=1S/C18H19N3O2/c1-12-3-8-16(13(2)11-12)20-17(22)14-4-6-15(7-5-14)21-10-9-19-18(21)23/h3-8,11H,9-10H2,1-2H3,(H,19,23)(H,20,22). The molecular weight excluding hydrogens is 290 g/mol. The molecule has 3 amide bonds. The van der Waals surface area contributed by atoms with Crippen LogP contribution in [0.4, 0.5) is 16.2 Å². The molecule has 0 saturated carbocycles. The minimum atomic E-state index is -0.158. The van der Waals surface area contributed by atoms with Crippen LogP contribution in [0, 0.1) is 13.8 Å². The molecule has 2 aromatic carbocycles. The highest BCUT2D eigenvalue weighted by Crippen LogP contribution is 2.20. The molecule has 5 heteroatoms. The highest BCUT2D eigenvalue weighted by atomic mass is 16.2. The summed E-state index contributed by atoms with van der Waals surface area (Å²) in [6.07, 6.45) is 0. The summed E-state index contributed by atoms with van der Waals surface area (Å²) in [6, 6.07) is 12.9. The van der Waals surface area contributed by atoms with Gasteiger partial charge in [0.1, 0.15) is 0 Å². The number of rotatable bonds is 3. The van der Waals surface area contributed by atoms with Crippen molar-refractivity contribution in [2.45, 2.75) is 13.8 Å². The first-order chi connectivity index (χ1) is 11.0. The zero-order chi connectivity index (χ0) is 16.4. The van der Waals surface area contributed by atoms with Crippen molar-refractivity contribution >= 4 is 23.3 Å². The second kappa shape index (κ2) is 6.12. The molecule has 23 heavy (non-hydrogen) atoms. The van der Waals surface area contributed by atoms with Crippen LogP contribution in [0.3, 0.4) is 0 Å². The van der Waals surface area contributed by atoms with E-state index in [1.807, 2.05) is 32.0 Å². The third kappa shape index (κ3) is 3.18. The molecule has 0 spiro atoms. The largest absolute Gasteiger partial charge is 0.336 e. The topological polar surface area (TPSA) is 61.4 Å². The number of carbonyl (C=O) groups is 2. The van der Waals surface area contributed by atoms with Crippen molar-refractivity contribution in [3.05, 3.63) is 59.2 Å². The van der Waals surface area contributed by atoms with Crippen molar-refractivity contribution in [2.24, 2.45) is 0 Å². The van der Waals surface area contributed by atoms with E-state index < -0.39 is 0 Å². The molecule has 0 unspecified atom stereocenters. The van der Waals surface area contributed by atoms with Crippen molar-refractivity contribution in [1.29, 1.82) is 0 Å². The maximum Gasteiger partial charge on any atom is 0.321 e. The van der Waals surface area contributed by atoms with E-state index in [9.17, 15) is 9.59 Å². The third-order valence-corrected chi connectivity index (χ3v) is 3.93. The molecule has 118 valence electrons. The van der Waals surface area contributed by atoms with E-state index in [1.54, 1.807) is 29.2 Å². The Labute approximate surface area is 135 Å². The molecule has 3 rings (SSSR count). The van der Waals surface area contributed by atoms with E-state index in [4.69, 9.17) is 0 Å². The van der Waals surface area contributed by atoms with Crippen LogP contribution in [0.5, 0.6) is 0 Å². The first kappa shape index (κ1) is 15.1. The molecule has 0 atom stereocenters. The van der Waals surface area contributed by atoms with Gasteiger partial charge in [-0.05, 0) is 49.7 Å². The van der Waals surface area contributed by atoms with Gasteiger partial charge in [-0.3, -0.25) is 9.69 Å². The lowest BCUT2D eigenvalue weighted by molar-refractivity contribution is 0.102. The summed E-state index contributed by atoms with van der Waals surface area (Å²) in [4.78, 5) is 25.6. The summed E-state index contributed by atoms with van der Waals surface area (Å²) in [5.74, 6) is -0.158. The molecule has 0 radical (unpaired) electrons. The van der Waals surface area contributed by atoms with E-state index >= 15 is 0 Å². The van der Waals surface area contributed by atoms with E-state index in [0.29, 0.717) is 18.7 Å². The molecule has 5 nitrogen and oxygen atoms in total. The van der Waals surface area contributed by atoms with Gasteiger partial charge in [-0.2, -0.15) is 0 Å². The van der Waals surface area contributed by atoms with Crippen LogP contribution in [0.1, 0.15) is 21.5 Å². The summed E-state index contributed by atoms with van der Waals surface area (Å²) in [5, 5.41) is 5.68. The van der Waals surface area contributed by atoms with E-state index in [2.05, 4.69) is 10.6 Å². The second-order valence-electron chi connectivity index (χ2n) is 5.70. The molecule has 2 N–H and O–H groups in total. The quantitative estimate of drug-likeness (QED) is 0.915. The highest BCUT2D eigenvalue weighted by Gasteiger charge is 2.21. The van der Waals surface area contributed by atoms with Crippen LogP contribution in [-0.2, 0) is 0 Å². The summed E-state index contributed by atoms with van der Waals surface area (Å²) >= 11 is 0. The highest BCUT2D eigenvalue weighted by molar-refractivity contribution is 6.05. The number of benzene rings is 2. The fourth-order valence-corrected chi connectivity index (χ4v) is 2.66. The van der Waals surface area contributed by atoms with Gasteiger partial charge in [0.05, 0.1) is 0 Å². The molecule has 2 aromatic rings. The second-order valence-corrected chi connectivity index (χ2v) is 5.70. The fraction of sp³-hybridized carbons (Fsp3) is 0.222. The van der Waals surface area contributed by atoms with Gasteiger partial charge in [0.15, 0.2) is 0 Å². The summed E-state index contributed by atoms with van der Waals surface area (Å²) in [7, 11) is 0. The maximum atomic E-state index is 12.3. The first-order valence-electron chi connectivity index (χ1n) is 7.58. The molecule has 1 aliphatic heterocycles. The normalized spacial score (nSPS) is 13.8. The number of amides is 3. The van der Waals surface area contributed by atoms with Crippen molar-refractivity contribution in [3.63, 3.8) is 0 Å². The summed E-state index contributed by atoms with van der Waals surface area (Å²) in [5.41, 5.74) is 4.36. The number of hydrogen-bond donors (Lipinski definition) is 2. The average molecular weight is 309 g/mol. The molecule has 1 aliphatic rings. The molecule has 1 fully saturated rings. The lowest BCUT2D eigenvalue weighted by atomic mass is 10.1. The van der Waals surface area contributed by atoms with Gasteiger partial charge in [0, 0.05) is 30.0 Å². The van der Waals surface area contributed by atoms with Crippen molar-refractivity contribution in [1.82, 2.24) is 5.32 Å². The Morgan fingerprint density at radius 3 is 2.48 bits per heavy atom. The summed E-state index contributed by atoms with van der Waals surface area (Å²) in [6.45, 7) is 5.28. The molecule has 0 aliphatic carbocycles. The Morgan fingerprint density at radius 2 is 1.87 bits per heavy atom. The SMILES string of the molecule is Cc1ccc(NC(=O)c2ccc(N3CCNC3=O)cc2)c(C)c1. The Balaban J connectivity index is 1.74. The number of urea groups is 1. The first-order valence-corrected chi connectivity index (χ1v) is 7.58. The van der Waals surface area contributed by atoms with Crippen LogP contribution < -0.4 is 15.5 Å². The Kier molecular flexibility index (Phi) is 4.02. The maximum absolute atomic E-state index is 12.3. The lowest BCUT2D eigenvalue weighted by Crippen LogP contribution is -2.27. The predicted molar refractivity (Wildman–Crippen MR) is 91.1 cm³/mol. The van der Waals surface area contributed by atoms with Gasteiger partial charge in [0.2, 0.25) is 0 Å². The minimum Gasteiger partial charge on any atom is -0.336 e. The van der Waals surface area contributed by atoms with Gasteiger partial charge < -0.3 is 10.6 Å². The van der Waals surface area contributed by atoms with Crippen LogP contribution in [-0.4, -0.2) is 25.0 Å². The average Bonchev–Trinajstić information content (AvgIpc) is 2.96. The summed E-state index contributed by atoms with van der Waals surface area (Å²) < 4.78 is 0. The van der Waals surface area contributed by atoms with Crippen molar-refractivity contribution in [3.8, 4) is 0 Å². The number of anilines is 2. The zero-order valence-corrected chi connectivity index (χ0v) is 13.2. The van der Waals surface area contributed by atoms with Crippen molar-refractivity contribution < 1.29 is 9.59 Å². The molecular formula is C18H19N3O2. The van der Waals surface area contributed by atoms with Gasteiger partial charge in [-0.1, -0.05) is 17.7 Å². The van der Waals surface area contributed by atoms with E-state index in [-0.39, 0.29) is 11.9 Å². The van der Waals surface area contributed by atoms with E-state index in [1.165, 1.54) is 0 Å². The van der Waals surface area contributed by atoms with Gasteiger partial charge in [-0.15, -0.1) is 0 Å². The smallest absolute Gasteiger partial charge is 0.321 e. The van der Waals surface area contributed by atoms with Crippen LogP contribution in [0.2, 0.25) is 0 Å². The molecule has 0 bridgehead atoms. The number of hydrogen-bond acceptors (Lipinski definition) is 2. The number of nitrogens with zero attached hydrogens (tertiary/aromatic N) is 1. The van der Waals surface area contributed by atoms with Gasteiger partial charge in [-0.25, -0.2) is 4.79 Å². The number of carbonyl (C=O) groups excluding carboxylic acids is 2. The monoisotopic (exact) mass is 309 g/mol. The Bertz CT molecular complexity index is 753. The predicted octanol–water partition coefficient (Wildman–Crippen LogP) is 3.09. The number of nitrogens with one attached hydrogen (secondary N) is 2. The molecule has 1 saturated heterocycles. The lowest BCUT2D eigenvalue weighted by Gasteiger charge is -2.14. The number of aryl methyl sites for hydroxylation is 2. The van der Waals surface area contributed by atoms with Crippen LogP contribution in [0.25, 0.3) is 0 Å².